The molecule has 58 valence electrons. The van der Waals surface area contributed by atoms with E-state index in [1.54, 1.807) is 0 Å². The van der Waals surface area contributed by atoms with Gasteiger partial charge in [0, 0.05) is 1.37 Å². The number of carbonyl (C=O) groups is 2. The fourth-order valence-electron chi connectivity index (χ4n) is 0.349. The Labute approximate surface area is 59.4 Å². The van der Waals surface area contributed by atoms with E-state index in [1.165, 1.54) is 0 Å². The molecule has 2 atom stereocenters. The van der Waals surface area contributed by atoms with Gasteiger partial charge >= 0.3 is 5.97 Å². The summed E-state index contributed by atoms with van der Waals surface area (Å²) in [6.07, 6.45) is 0. The Morgan fingerprint density at radius 1 is 1.70 bits per heavy atom. The van der Waals surface area contributed by atoms with Crippen LogP contribution in [0, 0.1) is 5.92 Å². The Bertz CT molecular complexity index is 173. The predicted octanol–water partition coefficient (Wildman–Crippen LogP) is -1.48. The normalized spacial score (nSPS) is 17.1. The summed E-state index contributed by atoms with van der Waals surface area (Å²) in [5.41, 5.74) is 9.84. The monoisotopic (exact) mass is 147 g/mol. The van der Waals surface area contributed by atoms with Gasteiger partial charge in [-0.3, -0.25) is 9.59 Å². The molecule has 0 aliphatic rings. The van der Waals surface area contributed by atoms with Crippen molar-refractivity contribution in [2.24, 2.45) is 17.4 Å². The van der Waals surface area contributed by atoms with Crippen molar-refractivity contribution in [3.05, 3.63) is 0 Å². The summed E-state index contributed by atoms with van der Waals surface area (Å²) < 4.78 is 6.77. The van der Waals surface area contributed by atoms with E-state index in [0.29, 0.717) is 0 Å². The van der Waals surface area contributed by atoms with E-state index < -0.39 is 30.7 Å². The molecule has 10 heavy (non-hydrogen) atoms. The van der Waals surface area contributed by atoms with Gasteiger partial charge in [-0.15, -0.1) is 0 Å². The van der Waals surface area contributed by atoms with Gasteiger partial charge in [0.05, 0.1) is 5.92 Å². The van der Waals surface area contributed by atoms with Gasteiger partial charge in [-0.05, 0) is 0 Å². The number of primary amides is 1. The number of carbonyl (C=O) groups excluding carboxylic acids is 1. The zero-order valence-electron chi connectivity index (χ0n) is 6.28. The third-order valence-corrected chi connectivity index (χ3v) is 1.08. The zero-order valence-corrected chi connectivity index (χ0v) is 5.28. The van der Waals surface area contributed by atoms with E-state index in [9.17, 15) is 9.59 Å². The van der Waals surface area contributed by atoms with Crippen LogP contribution in [0.25, 0.3) is 0 Å². The van der Waals surface area contributed by atoms with E-state index >= 15 is 0 Å². The lowest BCUT2D eigenvalue weighted by atomic mass is 10.0. The van der Waals surface area contributed by atoms with Gasteiger partial charge in [0.25, 0.3) is 0 Å². The van der Waals surface area contributed by atoms with E-state index in [0.717, 1.165) is 0 Å². The van der Waals surface area contributed by atoms with Crippen molar-refractivity contribution in [3.63, 3.8) is 0 Å². The van der Waals surface area contributed by atoms with Gasteiger partial charge < -0.3 is 16.6 Å². The van der Waals surface area contributed by atoms with E-state index in [4.69, 9.17) is 17.9 Å². The first-order valence-corrected chi connectivity index (χ1v) is 2.57. The summed E-state index contributed by atoms with van der Waals surface area (Å²) in [6, 6.07) is -1.37. The average Bonchev–Trinajstić information content (AvgIpc) is 1.88. The van der Waals surface area contributed by atoms with Crippen LogP contribution in [0.5, 0.6) is 0 Å². The molecule has 0 spiro atoms. The summed E-state index contributed by atoms with van der Waals surface area (Å²) in [7, 11) is 0. The van der Waals surface area contributed by atoms with Gasteiger partial charge in [0.2, 0.25) is 5.91 Å². The van der Waals surface area contributed by atoms with Crippen molar-refractivity contribution in [1.82, 2.24) is 0 Å². The topological polar surface area (TPSA) is 106 Å². The summed E-state index contributed by atoms with van der Waals surface area (Å²) in [5, 5.41) is 8.32. The molecule has 5 heteroatoms. The maximum absolute atomic E-state index is 10.4. The molecule has 0 heterocycles. The van der Waals surface area contributed by atoms with Crippen molar-refractivity contribution >= 4 is 11.9 Å². The van der Waals surface area contributed by atoms with Crippen LogP contribution in [0.2, 0.25) is 0 Å². The molecule has 0 saturated carbocycles. The van der Waals surface area contributed by atoms with Crippen LogP contribution in [-0.4, -0.2) is 23.0 Å². The summed E-state index contributed by atoms with van der Waals surface area (Å²) in [4.78, 5) is 20.6. The number of hydrogen-bond acceptors (Lipinski definition) is 3. The fourth-order valence-corrected chi connectivity index (χ4v) is 0.349. The van der Waals surface area contributed by atoms with Crippen LogP contribution < -0.4 is 11.5 Å². The number of aliphatic carboxylic acids is 1. The highest BCUT2D eigenvalue weighted by atomic mass is 16.4. The van der Waals surface area contributed by atoms with Crippen molar-refractivity contribution < 1.29 is 16.1 Å². The van der Waals surface area contributed by atoms with Gasteiger partial charge in [0.1, 0.15) is 6.04 Å². The molecule has 0 radical (unpaired) electrons. The number of amides is 1. The molecular weight excluding hydrogens is 136 g/mol. The molecular formula is C5H10N2O3. The predicted molar refractivity (Wildman–Crippen MR) is 34.0 cm³/mol. The average molecular weight is 147 g/mol. The first-order valence-electron chi connectivity index (χ1n) is 3.28. The van der Waals surface area contributed by atoms with Crippen LogP contribution in [0.15, 0.2) is 0 Å². The number of carboxylic acids is 1. The lowest BCUT2D eigenvalue weighted by molar-refractivity contribution is -0.142. The maximum Gasteiger partial charge on any atom is 0.321 e. The number of rotatable bonds is 3. The second-order valence-corrected chi connectivity index (χ2v) is 1.87. The molecule has 5 nitrogen and oxygen atoms in total. The summed E-state index contributed by atoms with van der Waals surface area (Å²) in [6.45, 7) is -0.400. The molecule has 0 bridgehead atoms. The molecule has 1 unspecified atom stereocenters. The molecule has 5 N–H and O–H groups in total. The standard InChI is InChI=1S/C5H10N2O3/c1-2(4(7)8)3(6)5(9)10/h2-3H,6H2,1H3,(H2,7,8)(H,9,10)/t2?,3-/m0/s1/i1D. The lowest BCUT2D eigenvalue weighted by Crippen LogP contribution is -2.42. The highest BCUT2D eigenvalue weighted by Gasteiger charge is 2.23. The Kier molecular flexibility index (Phi) is 2.22. The molecule has 0 aliphatic heterocycles. The van der Waals surface area contributed by atoms with E-state index in [1.807, 2.05) is 0 Å². The third-order valence-electron chi connectivity index (χ3n) is 1.08. The van der Waals surface area contributed by atoms with Crippen molar-refractivity contribution in [1.29, 1.82) is 0 Å². The molecule has 0 aromatic heterocycles. The largest absolute Gasteiger partial charge is 0.480 e. The number of hydrogen-bond donors (Lipinski definition) is 3. The second-order valence-electron chi connectivity index (χ2n) is 1.87. The van der Waals surface area contributed by atoms with Gasteiger partial charge in [-0.1, -0.05) is 6.90 Å². The molecule has 0 saturated heterocycles. The molecule has 0 aliphatic carbocycles. The Morgan fingerprint density at radius 2 is 2.20 bits per heavy atom. The van der Waals surface area contributed by atoms with Crippen molar-refractivity contribution in [2.45, 2.75) is 12.9 Å². The highest BCUT2D eigenvalue weighted by molar-refractivity contribution is 5.85. The highest BCUT2D eigenvalue weighted by Crippen LogP contribution is 1.98. The zero-order chi connectivity index (χ0) is 9.02. The van der Waals surface area contributed by atoms with E-state index in [2.05, 4.69) is 0 Å². The van der Waals surface area contributed by atoms with Crippen LogP contribution in [-0.2, 0) is 9.59 Å². The van der Waals surface area contributed by atoms with Crippen molar-refractivity contribution in [3.8, 4) is 0 Å². The lowest BCUT2D eigenvalue weighted by Gasteiger charge is -2.10. The minimum Gasteiger partial charge on any atom is -0.480 e. The maximum atomic E-state index is 10.4. The number of nitrogens with two attached hydrogens (primary N) is 2. The Hall–Kier alpha value is -1.10. The van der Waals surface area contributed by atoms with Gasteiger partial charge in [0.15, 0.2) is 0 Å². The van der Waals surface area contributed by atoms with Crippen LogP contribution in [0.3, 0.4) is 0 Å². The first kappa shape index (κ1) is 7.01. The molecule has 0 rings (SSSR count). The Morgan fingerprint density at radius 3 is 2.30 bits per heavy atom. The van der Waals surface area contributed by atoms with Crippen LogP contribution in [0.1, 0.15) is 8.27 Å². The van der Waals surface area contributed by atoms with Crippen molar-refractivity contribution in [2.75, 3.05) is 0 Å². The molecule has 0 aromatic rings. The molecule has 0 fully saturated rings. The Balaban J connectivity index is 4.25. The first-order chi connectivity index (χ1) is 5.00. The van der Waals surface area contributed by atoms with Gasteiger partial charge in [-0.25, -0.2) is 0 Å². The number of carboxylic acid groups (broad SMARTS) is 1. The quantitative estimate of drug-likeness (QED) is 0.452. The second kappa shape index (κ2) is 3.17. The minimum atomic E-state index is -1.37. The third kappa shape index (κ3) is 2.02. The minimum absolute atomic E-state index is 0.400. The summed E-state index contributed by atoms with van der Waals surface area (Å²) in [5.74, 6) is -3.27. The smallest absolute Gasteiger partial charge is 0.321 e. The van der Waals surface area contributed by atoms with E-state index in [-0.39, 0.29) is 0 Å². The SMILES string of the molecule is [2H]CC(C(N)=O)[C@H](N)C(=O)O. The molecule has 0 aromatic carbocycles. The van der Waals surface area contributed by atoms with Crippen LogP contribution in [0.4, 0.5) is 0 Å². The van der Waals surface area contributed by atoms with Gasteiger partial charge in [-0.2, -0.15) is 0 Å². The van der Waals surface area contributed by atoms with Crippen LogP contribution >= 0.6 is 0 Å². The summed E-state index contributed by atoms with van der Waals surface area (Å²) >= 11 is 0. The molecule has 1 amide bonds. The fraction of sp³-hybridized carbons (Fsp3) is 0.600.